The van der Waals surface area contributed by atoms with Crippen LogP contribution in [0.2, 0.25) is 0 Å². The molecule has 0 heterocycles. The van der Waals surface area contributed by atoms with Gasteiger partial charge in [0.1, 0.15) is 12.1 Å². The molecule has 0 aliphatic heterocycles. The summed E-state index contributed by atoms with van der Waals surface area (Å²) in [5.41, 5.74) is 13.1. The van der Waals surface area contributed by atoms with E-state index in [2.05, 4.69) is 9.47 Å². The molecular weight excluding hydrogens is 388 g/mol. The van der Waals surface area contributed by atoms with Crippen LogP contribution in [0.5, 0.6) is 0 Å². The Morgan fingerprint density at radius 2 is 0.967 bits per heavy atom. The van der Waals surface area contributed by atoms with Crippen molar-refractivity contribution in [2.75, 3.05) is 0 Å². The first-order valence-electron chi connectivity index (χ1n) is 9.43. The van der Waals surface area contributed by atoms with Crippen LogP contribution in [0.3, 0.4) is 0 Å². The second-order valence-corrected chi connectivity index (χ2v) is 6.68. The second kappa shape index (κ2) is 11.6. The van der Waals surface area contributed by atoms with Crippen molar-refractivity contribution >= 4 is 23.9 Å². The molecule has 158 valence electrons. The average Bonchev–Trinajstić information content (AvgIpc) is 2.73. The zero-order valence-corrected chi connectivity index (χ0v) is 16.4. The van der Waals surface area contributed by atoms with E-state index < -0.39 is 48.8 Å². The highest BCUT2D eigenvalue weighted by Crippen LogP contribution is 2.06. The summed E-state index contributed by atoms with van der Waals surface area (Å²) in [5.74, 6) is -3.64. The van der Waals surface area contributed by atoms with Crippen LogP contribution in [0.25, 0.3) is 0 Å². The first-order valence-corrected chi connectivity index (χ1v) is 9.43. The molecule has 0 aromatic heterocycles. The van der Waals surface area contributed by atoms with Crippen LogP contribution in [-0.2, 0) is 41.5 Å². The Labute approximate surface area is 174 Å². The van der Waals surface area contributed by atoms with Gasteiger partial charge in [-0.3, -0.25) is 9.59 Å². The van der Waals surface area contributed by atoms with Crippen LogP contribution in [0, 0.1) is 0 Å². The summed E-state index contributed by atoms with van der Waals surface area (Å²) >= 11 is 0. The van der Waals surface area contributed by atoms with Crippen molar-refractivity contribution in [3.05, 3.63) is 71.8 Å². The third kappa shape index (κ3) is 7.94. The fourth-order valence-corrected chi connectivity index (χ4v) is 2.58. The van der Waals surface area contributed by atoms with E-state index in [4.69, 9.17) is 11.5 Å². The molecule has 0 amide bonds. The summed E-state index contributed by atoms with van der Waals surface area (Å²) in [6.07, 6.45) is -0.431. The van der Waals surface area contributed by atoms with E-state index in [0.717, 1.165) is 11.1 Å². The van der Waals surface area contributed by atoms with Crippen LogP contribution in [0.1, 0.15) is 24.0 Å². The minimum atomic E-state index is -1.01. The zero-order chi connectivity index (χ0) is 21.9. The lowest BCUT2D eigenvalue weighted by Gasteiger charge is -2.11. The average molecular weight is 412 g/mol. The third-order valence-corrected chi connectivity index (χ3v) is 4.16. The molecule has 0 saturated heterocycles. The molecule has 30 heavy (non-hydrogen) atoms. The Balaban J connectivity index is 1.69. The summed E-state index contributed by atoms with van der Waals surface area (Å²) in [5, 5.41) is 0. The fourth-order valence-electron chi connectivity index (χ4n) is 2.58. The summed E-state index contributed by atoms with van der Waals surface area (Å²) in [6, 6.07) is 16.0. The molecule has 0 radical (unpaired) electrons. The first kappa shape index (κ1) is 22.9. The van der Waals surface area contributed by atoms with E-state index in [1.54, 1.807) is 48.5 Å². The van der Waals surface area contributed by atoms with Crippen molar-refractivity contribution in [1.29, 1.82) is 0 Å². The minimum Gasteiger partial charge on any atom is -0.392 e. The van der Waals surface area contributed by atoms with E-state index in [9.17, 15) is 19.2 Å². The maximum absolute atomic E-state index is 11.9. The largest absolute Gasteiger partial charge is 0.392 e. The monoisotopic (exact) mass is 412 g/mol. The highest BCUT2D eigenvalue weighted by molar-refractivity contribution is 5.92. The van der Waals surface area contributed by atoms with Gasteiger partial charge >= 0.3 is 23.9 Å². The van der Waals surface area contributed by atoms with E-state index in [-0.39, 0.29) is 12.8 Å². The fraction of sp³-hybridized carbons (Fsp3) is 0.273. The Morgan fingerprint density at radius 3 is 1.30 bits per heavy atom. The van der Waals surface area contributed by atoms with Gasteiger partial charge < -0.3 is 20.9 Å². The SMILES string of the molecule is NC(Cc1ccccc1)C(=O)OC(=O)CCC(=O)OC(=O)C(N)Cc1ccccc1. The number of carbonyl (C=O) groups excluding carboxylic acids is 4. The summed E-state index contributed by atoms with van der Waals surface area (Å²) in [6.45, 7) is 0. The van der Waals surface area contributed by atoms with Crippen molar-refractivity contribution in [2.45, 2.75) is 37.8 Å². The van der Waals surface area contributed by atoms with E-state index in [1.165, 1.54) is 0 Å². The van der Waals surface area contributed by atoms with Gasteiger partial charge in [-0.25, -0.2) is 9.59 Å². The standard InChI is InChI=1S/C22H24N2O6/c23-17(13-15-7-3-1-4-8-15)21(27)29-19(25)11-12-20(26)30-22(28)18(24)14-16-9-5-2-6-10-16/h1-10,17-18H,11-14,23-24H2. The number of nitrogens with two attached hydrogens (primary N) is 2. The number of esters is 4. The molecule has 4 N–H and O–H groups in total. The molecule has 0 spiro atoms. The molecule has 0 aliphatic rings. The van der Waals surface area contributed by atoms with Crippen molar-refractivity contribution in [3.63, 3.8) is 0 Å². The van der Waals surface area contributed by atoms with Gasteiger partial charge in [-0.05, 0) is 24.0 Å². The molecule has 0 aliphatic carbocycles. The molecule has 8 nitrogen and oxygen atoms in total. The van der Waals surface area contributed by atoms with Crippen molar-refractivity contribution in [1.82, 2.24) is 0 Å². The molecule has 0 saturated carbocycles. The lowest BCUT2D eigenvalue weighted by molar-refractivity contribution is -0.166. The third-order valence-electron chi connectivity index (χ3n) is 4.16. The van der Waals surface area contributed by atoms with Crippen LogP contribution in [-0.4, -0.2) is 36.0 Å². The maximum Gasteiger partial charge on any atom is 0.330 e. The molecule has 0 fully saturated rings. The predicted octanol–water partition coefficient (Wildman–Crippen LogP) is 1.05. The summed E-state index contributed by atoms with van der Waals surface area (Å²) in [7, 11) is 0. The molecule has 2 aromatic rings. The van der Waals surface area contributed by atoms with E-state index >= 15 is 0 Å². The minimum absolute atomic E-state index is 0.211. The number of hydrogen-bond donors (Lipinski definition) is 2. The van der Waals surface area contributed by atoms with Gasteiger partial charge in [-0.1, -0.05) is 60.7 Å². The Hall–Kier alpha value is -3.36. The maximum atomic E-state index is 11.9. The van der Waals surface area contributed by atoms with Gasteiger partial charge in [0.2, 0.25) is 0 Å². The Morgan fingerprint density at radius 1 is 0.633 bits per heavy atom. The number of rotatable bonds is 9. The Bertz CT molecular complexity index is 796. The number of carbonyl (C=O) groups is 4. The van der Waals surface area contributed by atoms with Gasteiger partial charge in [-0.15, -0.1) is 0 Å². The normalized spacial score (nSPS) is 12.5. The lowest BCUT2D eigenvalue weighted by Crippen LogP contribution is -2.36. The van der Waals surface area contributed by atoms with Crippen molar-refractivity contribution in [3.8, 4) is 0 Å². The zero-order valence-electron chi connectivity index (χ0n) is 16.4. The topological polar surface area (TPSA) is 139 Å². The first-order chi connectivity index (χ1) is 14.3. The number of benzene rings is 2. The predicted molar refractivity (Wildman–Crippen MR) is 108 cm³/mol. The second-order valence-electron chi connectivity index (χ2n) is 6.68. The summed E-state index contributed by atoms with van der Waals surface area (Å²) in [4.78, 5) is 47.3. The van der Waals surface area contributed by atoms with Crippen LogP contribution in [0.15, 0.2) is 60.7 Å². The highest BCUT2D eigenvalue weighted by atomic mass is 16.6. The lowest BCUT2D eigenvalue weighted by atomic mass is 10.1. The molecule has 2 atom stereocenters. The molecule has 2 unspecified atom stereocenters. The van der Waals surface area contributed by atoms with Crippen molar-refractivity contribution in [2.24, 2.45) is 11.5 Å². The highest BCUT2D eigenvalue weighted by Gasteiger charge is 2.22. The number of ether oxygens (including phenoxy) is 2. The molecule has 8 heteroatoms. The van der Waals surface area contributed by atoms with Gasteiger partial charge in [0.15, 0.2) is 0 Å². The molecule has 2 aromatic carbocycles. The Kier molecular flexibility index (Phi) is 8.86. The quantitative estimate of drug-likeness (QED) is 0.460. The van der Waals surface area contributed by atoms with Gasteiger partial charge in [0.05, 0.1) is 12.8 Å². The van der Waals surface area contributed by atoms with Crippen molar-refractivity contribution < 1.29 is 28.7 Å². The van der Waals surface area contributed by atoms with Crippen LogP contribution in [0.4, 0.5) is 0 Å². The molecular formula is C22H24N2O6. The van der Waals surface area contributed by atoms with Crippen LogP contribution >= 0.6 is 0 Å². The number of hydrogen-bond acceptors (Lipinski definition) is 8. The van der Waals surface area contributed by atoms with E-state index in [0.29, 0.717) is 0 Å². The smallest absolute Gasteiger partial charge is 0.330 e. The van der Waals surface area contributed by atoms with Gasteiger partial charge in [0, 0.05) is 0 Å². The molecule has 0 bridgehead atoms. The summed E-state index contributed by atoms with van der Waals surface area (Å²) < 4.78 is 9.29. The van der Waals surface area contributed by atoms with Gasteiger partial charge in [-0.2, -0.15) is 0 Å². The van der Waals surface area contributed by atoms with E-state index in [1.807, 2.05) is 12.1 Å². The van der Waals surface area contributed by atoms with Gasteiger partial charge in [0.25, 0.3) is 0 Å². The van der Waals surface area contributed by atoms with Crippen LogP contribution < -0.4 is 11.5 Å². The molecule has 2 rings (SSSR count).